The number of H-pyrrole nitrogens is 1. The molecule has 0 aliphatic carbocycles. The molecule has 2 aromatic heterocycles. The lowest BCUT2D eigenvalue weighted by atomic mass is 9.99. The summed E-state index contributed by atoms with van der Waals surface area (Å²) >= 11 is 1.55. The molecule has 4 heterocycles. The minimum atomic E-state index is -3.04. The molecule has 1 fully saturated rings. The number of anilines is 1. The first kappa shape index (κ1) is 18.5. The zero-order chi connectivity index (χ0) is 19.6. The second kappa shape index (κ2) is 6.10. The lowest BCUT2D eigenvalue weighted by Crippen LogP contribution is -2.33. The summed E-state index contributed by atoms with van der Waals surface area (Å²) in [6.45, 7) is 7.83. The number of nitrogens with zero attached hydrogens (tertiary/aromatic N) is 3. The summed E-state index contributed by atoms with van der Waals surface area (Å²) in [6, 6.07) is 0. The van der Waals surface area contributed by atoms with Crippen molar-refractivity contribution in [2.24, 2.45) is 0 Å². The van der Waals surface area contributed by atoms with E-state index >= 15 is 0 Å². The van der Waals surface area contributed by atoms with Crippen molar-refractivity contribution < 1.29 is 13.2 Å². The van der Waals surface area contributed by atoms with Crippen molar-refractivity contribution >= 4 is 33.3 Å². The molecule has 146 valence electrons. The largest absolute Gasteiger partial charge is 0.308 e. The van der Waals surface area contributed by atoms with Gasteiger partial charge in [-0.05, 0) is 34.1 Å². The quantitative estimate of drug-likeness (QED) is 0.783. The average Bonchev–Trinajstić information content (AvgIpc) is 3.13. The number of aromatic amines is 1. The van der Waals surface area contributed by atoms with E-state index < -0.39 is 15.4 Å². The summed E-state index contributed by atoms with van der Waals surface area (Å²) in [7, 11) is -3.04. The van der Waals surface area contributed by atoms with Crippen LogP contribution in [0.2, 0.25) is 0 Å². The minimum absolute atomic E-state index is 0.0770. The van der Waals surface area contributed by atoms with Crippen LogP contribution in [-0.4, -0.2) is 51.6 Å². The second-order valence-electron chi connectivity index (χ2n) is 7.69. The van der Waals surface area contributed by atoms with Crippen LogP contribution in [0, 0.1) is 20.8 Å². The third-order valence-corrected chi connectivity index (χ3v) is 8.62. The summed E-state index contributed by atoms with van der Waals surface area (Å²) in [5, 5.41) is 14.7. The highest BCUT2D eigenvalue weighted by molar-refractivity contribution is 8.00. The highest BCUT2D eigenvalue weighted by Crippen LogP contribution is 2.45. The number of sulfone groups is 1. The van der Waals surface area contributed by atoms with Gasteiger partial charge in [-0.2, -0.15) is 10.2 Å². The lowest BCUT2D eigenvalue weighted by Gasteiger charge is -2.25. The van der Waals surface area contributed by atoms with Crippen LogP contribution in [0.1, 0.15) is 46.8 Å². The number of hydrogen-bond donors (Lipinski definition) is 2. The third-order valence-electron chi connectivity index (χ3n) is 5.50. The first-order valence-corrected chi connectivity index (χ1v) is 11.7. The molecule has 0 bridgehead atoms. The maximum Gasteiger partial charge on any atom is 0.235 e. The molecule has 0 spiro atoms. The SMILES string of the molecule is Cc1nn([C@]2(C)CCS(=O)(=O)C2)c(C)c1[C@H]1SCC(=O)Nc2n[nH]c(C)c21. The molecule has 8 nitrogen and oxygen atoms in total. The molecular formula is C17H23N5O3S2. The normalized spacial score (nSPS) is 27.3. The van der Waals surface area contributed by atoms with Crippen molar-refractivity contribution in [3.8, 4) is 0 Å². The molecule has 2 aromatic rings. The van der Waals surface area contributed by atoms with Crippen molar-refractivity contribution in [3.05, 3.63) is 28.2 Å². The van der Waals surface area contributed by atoms with E-state index in [-0.39, 0.29) is 22.7 Å². The molecule has 2 aliphatic heterocycles. The molecular weight excluding hydrogens is 386 g/mol. The van der Waals surface area contributed by atoms with E-state index in [0.29, 0.717) is 18.0 Å². The van der Waals surface area contributed by atoms with Gasteiger partial charge in [-0.25, -0.2) is 8.42 Å². The zero-order valence-corrected chi connectivity index (χ0v) is 17.4. The van der Waals surface area contributed by atoms with E-state index in [9.17, 15) is 13.2 Å². The summed E-state index contributed by atoms with van der Waals surface area (Å²) in [4.78, 5) is 12.1. The Labute approximate surface area is 162 Å². The predicted molar refractivity (Wildman–Crippen MR) is 105 cm³/mol. The molecule has 2 N–H and O–H groups in total. The Kier molecular flexibility index (Phi) is 4.19. The Morgan fingerprint density at radius 2 is 2.00 bits per heavy atom. The number of hydrogen-bond acceptors (Lipinski definition) is 6. The fourth-order valence-electron chi connectivity index (χ4n) is 4.21. The van der Waals surface area contributed by atoms with Gasteiger partial charge in [0.05, 0.1) is 33.7 Å². The third kappa shape index (κ3) is 2.98. The van der Waals surface area contributed by atoms with Gasteiger partial charge in [0.15, 0.2) is 15.7 Å². The van der Waals surface area contributed by atoms with Crippen molar-refractivity contribution in [2.75, 3.05) is 22.6 Å². The van der Waals surface area contributed by atoms with Gasteiger partial charge in [0.2, 0.25) is 5.91 Å². The van der Waals surface area contributed by atoms with E-state index in [1.807, 2.05) is 32.4 Å². The van der Waals surface area contributed by atoms with Crippen LogP contribution in [0.3, 0.4) is 0 Å². The van der Waals surface area contributed by atoms with Gasteiger partial charge in [-0.3, -0.25) is 14.6 Å². The molecule has 2 atom stereocenters. The predicted octanol–water partition coefficient (Wildman–Crippen LogP) is 1.84. The van der Waals surface area contributed by atoms with Crippen LogP contribution >= 0.6 is 11.8 Å². The number of aromatic nitrogens is 4. The minimum Gasteiger partial charge on any atom is -0.308 e. The smallest absolute Gasteiger partial charge is 0.235 e. The summed E-state index contributed by atoms with van der Waals surface area (Å²) in [5.41, 5.74) is 4.17. The van der Waals surface area contributed by atoms with Crippen molar-refractivity contribution in [1.82, 2.24) is 20.0 Å². The average molecular weight is 410 g/mol. The number of thioether (sulfide) groups is 1. The van der Waals surface area contributed by atoms with Crippen LogP contribution in [0.4, 0.5) is 5.82 Å². The Bertz CT molecular complexity index is 1040. The number of carbonyl (C=O) groups is 1. The number of nitrogens with one attached hydrogen (secondary N) is 2. The van der Waals surface area contributed by atoms with Crippen LogP contribution in [0.15, 0.2) is 0 Å². The fourth-order valence-corrected chi connectivity index (χ4v) is 7.67. The first-order valence-electron chi connectivity index (χ1n) is 8.85. The van der Waals surface area contributed by atoms with E-state index in [1.54, 1.807) is 11.8 Å². The van der Waals surface area contributed by atoms with Crippen LogP contribution < -0.4 is 5.32 Å². The maximum absolute atomic E-state index is 12.1. The van der Waals surface area contributed by atoms with E-state index in [0.717, 1.165) is 28.2 Å². The van der Waals surface area contributed by atoms with Gasteiger partial charge in [0.25, 0.3) is 0 Å². The molecule has 0 unspecified atom stereocenters. The van der Waals surface area contributed by atoms with Crippen molar-refractivity contribution in [1.29, 1.82) is 0 Å². The fraction of sp³-hybridized carbons (Fsp3) is 0.588. The van der Waals surface area contributed by atoms with Crippen LogP contribution in [-0.2, 0) is 20.2 Å². The molecule has 10 heteroatoms. The molecule has 27 heavy (non-hydrogen) atoms. The van der Waals surface area contributed by atoms with Crippen molar-refractivity contribution in [2.45, 2.75) is 44.9 Å². The van der Waals surface area contributed by atoms with Crippen LogP contribution in [0.5, 0.6) is 0 Å². The molecule has 1 amide bonds. The Balaban J connectivity index is 1.83. The van der Waals surface area contributed by atoms with Gasteiger partial charge in [0.1, 0.15) is 0 Å². The topological polar surface area (TPSA) is 110 Å². The highest BCUT2D eigenvalue weighted by Gasteiger charge is 2.43. The monoisotopic (exact) mass is 409 g/mol. The lowest BCUT2D eigenvalue weighted by molar-refractivity contribution is -0.113. The molecule has 0 saturated carbocycles. The van der Waals surface area contributed by atoms with Gasteiger partial charge < -0.3 is 5.32 Å². The molecule has 0 radical (unpaired) electrons. The number of fused-ring (bicyclic) bond motifs is 1. The van der Waals surface area contributed by atoms with E-state index in [4.69, 9.17) is 5.10 Å². The summed E-state index contributed by atoms with van der Waals surface area (Å²) < 4.78 is 26.0. The van der Waals surface area contributed by atoms with Crippen LogP contribution in [0.25, 0.3) is 0 Å². The standard InChI is InChI=1S/C17H23N5O3S2/c1-9-14-15(26-7-12(23)18-16(14)20-19-9)13-10(2)21-22(11(13)3)17(4)5-6-27(24,25)8-17/h15H,5-8H2,1-4H3,(H2,18,19,20,23)/t15-,17-/m1/s1. The number of carbonyl (C=O) groups excluding carboxylic acids is 1. The number of amides is 1. The van der Waals surface area contributed by atoms with Gasteiger partial charge in [-0.15, -0.1) is 11.8 Å². The van der Waals surface area contributed by atoms with Gasteiger partial charge in [0, 0.05) is 22.5 Å². The maximum atomic E-state index is 12.1. The molecule has 4 rings (SSSR count). The van der Waals surface area contributed by atoms with E-state index in [2.05, 4.69) is 15.5 Å². The molecule has 0 aromatic carbocycles. The summed E-state index contributed by atoms with van der Waals surface area (Å²) in [5.74, 6) is 1.12. The molecule has 2 aliphatic rings. The van der Waals surface area contributed by atoms with Gasteiger partial charge >= 0.3 is 0 Å². The first-order chi connectivity index (χ1) is 12.6. The Morgan fingerprint density at radius 1 is 1.26 bits per heavy atom. The highest BCUT2D eigenvalue weighted by atomic mass is 32.2. The molecule has 1 saturated heterocycles. The van der Waals surface area contributed by atoms with Gasteiger partial charge in [-0.1, -0.05) is 0 Å². The van der Waals surface area contributed by atoms with Crippen molar-refractivity contribution in [3.63, 3.8) is 0 Å². The Hall–Kier alpha value is -1.81. The Morgan fingerprint density at radius 3 is 2.67 bits per heavy atom. The number of aryl methyl sites for hydroxylation is 2. The summed E-state index contributed by atoms with van der Waals surface area (Å²) in [6.07, 6.45) is 0.560. The number of rotatable bonds is 2. The second-order valence-corrected chi connectivity index (χ2v) is 11.0. The zero-order valence-electron chi connectivity index (χ0n) is 15.8. The van der Waals surface area contributed by atoms with E-state index in [1.165, 1.54) is 0 Å².